The van der Waals surface area contributed by atoms with Crippen LogP contribution in [0.5, 0.6) is 0 Å². The van der Waals surface area contributed by atoms with Crippen LogP contribution in [0.15, 0.2) is 17.2 Å². The number of aryl methyl sites for hydroxylation is 1. The number of rotatable bonds is 6. The van der Waals surface area contributed by atoms with Gasteiger partial charge in [-0.2, -0.15) is 4.31 Å². The van der Waals surface area contributed by atoms with E-state index in [1.54, 1.807) is 11.6 Å². The summed E-state index contributed by atoms with van der Waals surface area (Å²) in [5, 5.41) is 2.77. The number of nitrogens with two attached hydrogens (primary N) is 1. The molecular weight excluding hydrogens is 328 g/mol. The van der Waals surface area contributed by atoms with Gasteiger partial charge in [-0.05, 0) is 38.2 Å². The third-order valence-corrected chi connectivity index (χ3v) is 6.19. The number of sulfonamides is 1. The van der Waals surface area contributed by atoms with Gasteiger partial charge >= 0.3 is 0 Å². The van der Waals surface area contributed by atoms with Crippen molar-refractivity contribution in [2.75, 3.05) is 19.6 Å². The van der Waals surface area contributed by atoms with E-state index in [0.29, 0.717) is 37.7 Å². The predicted octanol–water partition coefficient (Wildman–Crippen LogP) is 0.913. The Hall–Kier alpha value is -1.38. The number of hydrogen-bond acceptors (Lipinski definition) is 4. The number of aromatic nitrogens is 1. The summed E-state index contributed by atoms with van der Waals surface area (Å²) in [7, 11) is -1.87. The second-order valence-electron chi connectivity index (χ2n) is 6.80. The van der Waals surface area contributed by atoms with E-state index < -0.39 is 10.0 Å². The molecule has 0 radical (unpaired) electrons. The summed E-state index contributed by atoms with van der Waals surface area (Å²) in [6.07, 6.45) is 4.11. The monoisotopic (exact) mass is 356 g/mol. The van der Waals surface area contributed by atoms with Crippen LogP contribution in [0.4, 0.5) is 0 Å². The maximum Gasteiger partial charge on any atom is 0.267 e. The molecule has 8 heteroatoms. The molecule has 1 aromatic heterocycles. The fraction of sp³-hybridized carbons (Fsp3) is 0.688. The molecule has 1 saturated heterocycles. The summed E-state index contributed by atoms with van der Waals surface area (Å²) < 4.78 is 28.7. The summed E-state index contributed by atoms with van der Waals surface area (Å²) in [6.45, 7) is 5.47. The summed E-state index contributed by atoms with van der Waals surface area (Å²) in [5.41, 5.74) is 6.00. The lowest BCUT2D eigenvalue weighted by atomic mass is 10.0. The zero-order valence-electron chi connectivity index (χ0n) is 14.7. The Bertz CT molecular complexity index is 681. The molecule has 1 aliphatic rings. The van der Waals surface area contributed by atoms with Crippen LogP contribution in [0.25, 0.3) is 0 Å². The molecule has 136 valence electrons. The van der Waals surface area contributed by atoms with Crippen molar-refractivity contribution in [1.82, 2.24) is 14.2 Å². The van der Waals surface area contributed by atoms with Gasteiger partial charge in [0.1, 0.15) is 10.6 Å². The maximum atomic E-state index is 12.8. The van der Waals surface area contributed by atoms with Crippen LogP contribution in [0.2, 0.25) is 0 Å². The Morgan fingerprint density at radius 1 is 1.50 bits per heavy atom. The second-order valence-corrected chi connectivity index (χ2v) is 8.74. The van der Waals surface area contributed by atoms with Crippen molar-refractivity contribution in [1.29, 1.82) is 0 Å². The minimum atomic E-state index is -3.55. The lowest BCUT2D eigenvalue weighted by Gasteiger charge is -2.29. The molecule has 0 aromatic carbocycles. The van der Waals surface area contributed by atoms with E-state index in [4.69, 9.17) is 5.73 Å². The molecule has 3 N–H and O–H groups in total. The first-order chi connectivity index (χ1) is 11.2. The van der Waals surface area contributed by atoms with Crippen LogP contribution < -0.4 is 11.1 Å². The van der Waals surface area contributed by atoms with Crippen LogP contribution >= 0.6 is 0 Å². The van der Waals surface area contributed by atoms with Gasteiger partial charge in [-0.3, -0.25) is 4.79 Å². The zero-order valence-corrected chi connectivity index (χ0v) is 15.5. The van der Waals surface area contributed by atoms with E-state index in [9.17, 15) is 13.2 Å². The topological polar surface area (TPSA) is 97.4 Å². The first-order valence-corrected chi connectivity index (χ1v) is 9.86. The average Bonchev–Trinajstić information content (AvgIpc) is 2.89. The Labute approximate surface area is 144 Å². The highest BCUT2D eigenvalue weighted by molar-refractivity contribution is 7.89. The molecule has 1 amide bonds. The number of hydrogen-bond donors (Lipinski definition) is 2. The lowest BCUT2D eigenvalue weighted by Crippen LogP contribution is -2.38. The first-order valence-electron chi connectivity index (χ1n) is 8.42. The van der Waals surface area contributed by atoms with Crippen molar-refractivity contribution in [3.05, 3.63) is 18.0 Å². The molecule has 0 aliphatic carbocycles. The highest BCUT2D eigenvalue weighted by Gasteiger charge is 2.30. The molecule has 0 spiro atoms. The molecule has 2 atom stereocenters. The molecule has 1 fully saturated rings. The van der Waals surface area contributed by atoms with Gasteiger partial charge in [-0.1, -0.05) is 6.92 Å². The van der Waals surface area contributed by atoms with Crippen LogP contribution in [0, 0.1) is 5.92 Å². The molecule has 2 unspecified atom stereocenters. The Morgan fingerprint density at radius 2 is 2.21 bits per heavy atom. The van der Waals surface area contributed by atoms with E-state index in [1.165, 1.54) is 16.6 Å². The number of nitrogens with zero attached hydrogens (tertiary/aromatic N) is 2. The van der Waals surface area contributed by atoms with Crippen molar-refractivity contribution < 1.29 is 13.2 Å². The molecule has 1 aromatic rings. The summed E-state index contributed by atoms with van der Waals surface area (Å²) in [5.74, 6) is 0.0740. The number of carbonyl (C=O) groups is 1. The molecule has 24 heavy (non-hydrogen) atoms. The minimum Gasteiger partial charge on any atom is -0.351 e. The normalized spacial score (nSPS) is 20.8. The zero-order chi connectivity index (χ0) is 17.9. The van der Waals surface area contributed by atoms with Gasteiger partial charge in [0, 0.05) is 38.9 Å². The van der Waals surface area contributed by atoms with Crippen LogP contribution in [0.3, 0.4) is 0 Å². The molecular formula is C16H28N4O3S. The number of carbonyl (C=O) groups excluding carboxylic acids is 1. The van der Waals surface area contributed by atoms with Gasteiger partial charge < -0.3 is 15.6 Å². The maximum absolute atomic E-state index is 12.8. The van der Waals surface area contributed by atoms with Crippen molar-refractivity contribution in [2.24, 2.45) is 18.7 Å². The SMILES string of the molecule is CC(N)CCNC(=O)c1cc(S(=O)(=O)N2CCCC(C)C2)cn1C. The van der Waals surface area contributed by atoms with E-state index in [1.807, 2.05) is 6.92 Å². The number of piperidine rings is 1. The smallest absolute Gasteiger partial charge is 0.267 e. The van der Waals surface area contributed by atoms with Crippen molar-refractivity contribution in [2.45, 2.75) is 44.0 Å². The van der Waals surface area contributed by atoms with Crippen molar-refractivity contribution in [3.8, 4) is 0 Å². The number of amides is 1. The third-order valence-electron chi connectivity index (χ3n) is 4.36. The summed E-state index contributed by atoms with van der Waals surface area (Å²) in [6, 6.07) is 1.46. The summed E-state index contributed by atoms with van der Waals surface area (Å²) >= 11 is 0. The molecule has 0 saturated carbocycles. The van der Waals surface area contributed by atoms with Gasteiger partial charge in [-0.15, -0.1) is 0 Å². The standard InChI is InChI=1S/C16H28N4O3S/c1-12-5-4-8-20(10-12)24(22,23)14-9-15(19(3)11-14)16(21)18-7-6-13(2)17/h9,11-13H,4-8,10,17H2,1-3H3,(H,18,21). The van der Waals surface area contributed by atoms with Crippen LogP contribution in [-0.2, 0) is 17.1 Å². The van der Waals surface area contributed by atoms with E-state index in [-0.39, 0.29) is 16.8 Å². The third kappa shape index (κ3) is 4.37. The molecule has 1 aliphatic heterocycles. The fourth-order valence-corrected chi connectivity index (χ4v) is 4.59. The van der Waals surface area contributed by atoms with Gasteiger partial charge in [0.15, 0.2) is 0 Å². The number of nitrogens with one attached hydrogen (secondary N) is 1. The molecule has 2 heterocycles. The van der Waals surface area contributed by atoms with E-state index >= 15 is 0 Å². The van der Waals surface area contributed by atoms with E-state index in [2.05, 4.69) is 12.2 Å². The highest BCUT2D eigenvalue weighted by atomic mass is 32.2. The fourth-order valence-electron chi connectivity index (χ4n) is 2.92. The molecule has 7 nitrogen and oxygen atoms in total. The van der Waals surface area contributed by atoms with Crippen LogP contribution in [-0.4, -0.2) is 48.9 Å². The van der Waals surface area contributed by atoms with Crippen LogP contribution in [0.1, 0.15) is 43.6 Å². The quantitative estimate of drug-likeness (QED) is 0.792. The first kappa shape index (κ1) is 19.0. The highest BCUT2D eigenvalue weighted by Crippen LogP contribution is 2.24. The minimum absolute atomic E-state index is 0.00995. The van der Waals surface area contributed by atoms with Gasteiger partial charge in [0.25, 0.3) is 5.91 Å². The Balaban J connectivity index is 2.13. The van der Waals surface area contributed by atoms with Crippen molar-refractivity contribution in [3.63, 3.8) is 0 Å². The average molecular weight is 356 g/mol. The largest absolute Gasteiger partial charge is 0.351 e. The van der Waals surface area contributed by atoms with Gasteiger partial charge in [0.2, 0.25) is 10.0 Å². The van der Waals surface area contributed by atoms with E-state index in [0.717, 1.165) is 12.8 Å². The predicted molar refractivity (Wildman–Crippen MR) is 93.2 cm³/mol. The Morgan fingerprint density at radius 3 is 2.83 bits per heavy atom. The van der Waals surface area contributed by atoms with Gasteiger partial charge in [0.05, 0.1) is 0 Å². The second kappa shape index (κ2) is 7.67. The molecule has 0 bridgehead atoms. The summed E-state index contributed by atoms with van der Waals surface area (Å²) in [4.78, 5) is 12.4. The lowest BCUT2D eigenvalue weighted by molar-refractivity contribution is 0.0944. The van der Waals surface area contributed by atoms with Gasteiger partial charge in [-0.25, -0.2) is 8.42 Å². The molecule has 2 rings (SSSR count). The van der Waals surface area contributed by atoms with Crippen molar-refractivity contribution >= 4 is 15.9 Å². The Kier molecular flexibility index (Phi) is 6.06.